The number of rotatable bonds is 4. The first-order valence-corrected chi connectivity index (χ1v) is 10.9. The zero-order valence-electron chi connectivity index (χ0n) is 16.2. The molecule has 0 aliphatic heterocycles. The Morgan fingerprint density at radius 3 is 1.84 bits per heavy atom. The lowest BCUT2D eigenvalue weighted by molar-refractivity contribution is 0.595. The molecule has 0 amide bonds. The Bertz CT molecular complexity index is 873. The molecule has 136 valence electrons. The van der Waals surface area contributed by atoms with Gasteiger partial charge in [-0.3, -0.25) is 0 Å². The highest BCUT2D eigenvalue weighted by molar-refractivity contribution is 8.00. The average molecular weight is 377 g/mol. The third-order valence-electron chi connectivity index (χ3n) is 4.05. The topological polar surface area (TPSA) is 34.1 Å². The molecule has 4 heteroatoms. The second-order valence-electron chi connectivity index (χ2n) is 7.82. The number of sulfone groups is 1. The van der Waals surface area contributed by atoms with E-state index in [1.54, 1.807) is 36.0 Å². The lowest BCUT2D eigenvalue weighted by Crippen LogP contribution is -2.08. The van der Waals surface area contributed by atoms with Crippen molar-refractivity contribution in [2.45, 2.75) is 73.8 Å². The summed E-state index contributed by atoms with van der Waals surface area (Å²) in [7, 11) is -3.50. The van der Waals surface area contributed by atoms with E-state index in [2.05, 4.69) is 34.6 Å². The third kappa shape index (κ3) is 4.68. The second-order valence-corrected chi connectivity index (χ2v) is 11.6. The van der Waals surface area contributed by atoms with Gasteiger partial charge in [-0.1, -0.05) is 40.7 Å². The molecule has 0 fully saturated rings. The van der Waals surface area contributed by atoms with Crippen LogP contribution in [0.25, 0.3) is 0 Å². The van der Waals surface area contributed by atoms with E-state index in [0.29, 0.717) is 15.7 Å². The van der Waals surface area contributed by atoms with Crippen molar-refractivity contribution in [2.24, 2.45) is 0 Å². The Balaban J connectivity index is 2.43. The van der Waals surface area contributed by atoms with Crippen LogP contribution in [0.3, 0.4) is 0 Å². The van der Waals surface area contributed by atoms with E-state index >= 15 is 0 Å². The molecule has 2 rings (SSSR count). The fourth-order valence-electron chi connectivity index (χ4n) is 2.83. The molecule has 2 nitrogen and oxygen atoms in total. The highest BCUT2D eigenvalue weighted by Gasteiger charge is 2.21. The lowest BCUT2D eigenvalue weighted by Gasteiger charge is -2.19. The minimum Gasteiger partial charge on any atom is -0.219 e. The molecule has 2 aromatic carbocycles. The third-order valence-corrected chi connectivity index (χ3v) is 7.09. The second kappa shape index (κ2) is 7.16. The van der Waals surface area contributed by atoms with Crippen molar-refractivity contribution in [2.75, 3.05) is 0 Å². The van der Waals surface area contributed by atoms with Crippen LogP contribution in [-0.4, -0.2) is 13.2 Å². The first-order chi connectivity index (χ1) is 11.4. The molecule has 25 heavy (non-hydrogen) atoms. The molecule has 0 aliphatic rings. The summed E-state index contributed by atoms with van der Waals surface area (Å²) in [6.07, 6.45) is 0. The van der Waals surface area contributed by atoms with Crippen LogP contribution < -0.4 is 0 Å². The molecule has 0 radical (unpaired) electrons. The number of aryl methyl sites for hydroxylation is 2. The molecule has 0 aromatic heterocycles. The van der Waals surface area contributed by atoms with Crippen LogP contribution in [0.2, 0.25) is 0 Å². The largest absolute Gasteiger partial charge is 0.219 e. The van der Waals surface area contributed by atoms with Crippen LogP contribution in [-0.2, 0) is 9.84 Å². The Morgan fingerprint density at radius 2 is 1.40 bits per heavy atom. The molecule has 0 N–H and O–H groups in total. The van der Waals surface area contributed by atoms with Gasteiger partial charge < -0.3 is 0 Å². The van der Waals surface area contributed by atoms with Gasteiger partial charge in [0.25, 0.3) is 0 Å². The van der Waals surface area contributed by atoms with Gasteiger partial charge in [-0.25, -0.2) is 8.42 Å². The molecule has 0 unspecified atom stereocenters. The Labute approximate surface area is 157 Å². The maximum absolute atomic E-state index is 13.0. The highest BCUT2D eigenvalue weighted by Crippen LogP contribution is 2.35. The number of hydrogen-bond acceptors (Lipinski definition) is 3. The molecule has 0 aliphatic carbocycles. The molecule has 0 spiro atoms. The summed E-state index contributed by atoms with van der Waals surface area (Å²) in [4.78, 5) is 1.85. The minimum absolute atomic E-state index is 0.0922. The van der Waals surface area contributed by atoms with Crippen molar-refractivity contribution >= 4 is 21.6 Å². The van der Waals surface area contributed by atoms with Crippen molar-refractivity contribution in [3.8, 4) is 0 Å². The molecule has 2 aromatic rings. The molecule has 0 saturated carbocycles. The summed E-state index contributed by atoms with van der Waals surface area (Å²) in [6, 6.07) is 10.9. The van der Waals surface area contributed by atoms with Gasteiger partial charge in [-0.2, -0.15) is 0 Å². The van der Waals surface area contributed by atoms with Gasteiger partial charge in [0, 0.05) is 9.64 Å². The van der Waals surface area contributed by atoms with Gasteiger partial charge in [0.2, 0.25) is 9.84 Å². The van der Waals surface area contributed by atoms with Gasteiger partial charge >= 0.3 is 0 Å². The Morgan fingerprint density at radius 1 is 0.880 bits per heavy atom. The Hall–Kier alpha value is -1.26. The van der Waals surface area contributed by atoms with E-state index in [9.17, 15) is 8.42 Å². The summed E-state index contributed by atoms with van der Waals surface area (Å²) in [5.41, 5.74) is 3.20. The molecule has 0 bridgehead atoms. The van der Waals surface area contributed by atoms with Gasteiger partial charge in [0.1, 0.15) is 0 Å². The van der Waals surface area contributed by atoms with Crippen LogP contribution in [0.15, 0.2) is 51.1 Å². The van der Waals surface area contributed by atoms with Gasteiger partial charge in [-0.05, 0) is 66.8 Å². The predicted octanol–water partition coefficient (Wildman–Crippen LogP) is 6.15. The average Bonchev–Trinajstić information content (AvgIpc) is 2.47. The highest BCUT2D eigenvalue weighted by atomic mass is 32.2. The van der Waals surface area contributed by atoms with Crippen molar-refractivity contribution in [3.63, 3.8) is 0 Å². The van der Waals surface area contributed by atoms with E-state index in [1.807, 2.05) is 26.0 Å². The van der Waals surface area contributed by atoms with E-state index in [-0.39, 0.29) is 4.75 Å². The number of thioether (sulfide) groups is 1. The van der Waals surface area contributed by atoms with E-state index in [0.717, 1.165) is 16.0 Å². The SMILES string of the molecule is Cc1cc(S(=O)(=O)c2ccc(C(C)C)c(C)c2)ccc1SC(C)(C)C. The maximum Gasteiger partial charge on any atom is 0.206 e. The number of hydrogen-bond donors (Lipinski definition) is 0. The quantitative estimate of drug-likeness (QED) is 0.600. The summed E-state index contributed by atoms with van der Waals surface area (Å²) in [6.45, 7) is 14.6. The van der Waals surface area contributed by atoms with Crippen molar-refractivity contribution < 1.29 is 8.42 Å². The fourth-order valence-corrected chi connectivity index (χ4v) is 5.28. The summed E-state index contributed by atoms with van der Waals surface area (Å²) >= 11 is 1.76. The van der Waals surface area contributed by atoms with Gasteiger partial charge in [-0.15, -0.1) is 11.8 Å². The first-order valence-electron chi connectivity index (χ1n) is 8.57. The first kappa shape index (κ1) is 20.1. The molecular formula is C21H28O2S2. The van der Waals surface area contributed by atoms with Crippen molar-refractivity contribution in [1.82, 2.24) is 0 Å². The summed E-state index contributed by atoms with van der Waals surface area (Å²) < 4.78 is 26.1. The summed E-state index contributed by atoms with van der Waals surface area (Å²) in [5, 5.41) is 0. The zero-order valence-corrected chi connectivity index (χ0v) is 17.8. The van der Waals surface area contributed by atoms with Crippen LogP contribution in [0.5, 0.6) is 0 Å². The zero-order chi connectivity index (χ0) is 19.0. The lowest BCUT2D eigenvalue weighted by atomic mass is 9.98. The van der Waals surface area contributed by atoms with Gasteiger partial charge in [0.05, 0.1) is 9.79 Å². The van der Waals surface area contributed by atoms with Crippen LogP contribution in [0.1, 0.15) is 57.2 Å². The summed E-state index contributed by atoms with van der Waals surface area (Å²) in [5.74, 6) is 0.382. The molecular weight excluding hydrogens is 348 g/mol. The van der Waals surface area contributed by atoms with Crippen LogP contribution >= 0.6 is 11.8 Å². The van der Waals surface area contributed by atoms with E-state index in [1.165, 1.54) is 5.56 Å². The van der Waals surface area contributed by atoms with Crippen molar-refractivity contribution in [1.29, 1.82) is 0 Å². The smallest absolute Gasteiger partial charge is 0.206 e. The van der Waals surface area contributed by atoms with E-state index < -0.39 is 9.84 Å². The standard InChI is InChI=1S/C21H28O2S2/c1-14(2)19-10-8-17(12-15(19)3)25(22,23)18-9-11-20(16(4)13-18)24-21(5,6)7/h8-14H,1-7H3. The predicted molar refractivity (Wildman–Crippen MR) is 108 cm³/mol. The molecule has 0 heterocycles. The monoisotopic (exact) mass is 376 g/mol. The maximum atomic E-state index is 13.0. The molecule has 0 atom stereocenters. The normalized spacial score (nSPS) is 12.6. The van der Waals surface area contributed by atoms with E-state index in [4.69, 9.17) is 0 Å². The van der Waals surface area contributed by atoms with Crippen LogP contribution in [0, 0.1) is 13.8 Å². The van der Waals surface area contributed by atoms with Gasteiger partial charge in [0.15, 0.2) is 0 Å². The fraction of sp³-hybridized carbons (Fsp3) is 0.429. The van der Waals surface area contributed by atoms with Crippen molar-refractivity contribution in [3.05, 3.63) is 53.1 Å². The number of benzene rings is 2. The van der Waals surface area contributed by atoms with Crippen LogP contribution in [0.4, 0.5) is 0 Å². The Kier molecular flexibility index (Phi) is 5.75. The minimum atomic E-state index is -3.50. The molecule has 0 saturated heterocycles.